The van der Waals surface area contributed by atoms with Crippen molar-refractivity contribution in [2.75, 3.05) is 0 Å². The first-order valence-corrected chi connectivity index (χ1v) is 4.77. The van der Waals surface area contributed by atoms with E-state index in [0.29, 0.717) is 6.07 Å². The Labute approximate surface area is 95.3 Å². The van der Waals surface area contributed by atoms with Crippen molar-refractivity contribution in [3.05, 3.63) is 47.4 Å². The van der Waals surface area contributed by atoms with Gasteiger partial charge in [-0.3, -0.25) is 0 Å². The molecule has 0 bridgehead atoms. The van der Waals surface area contributed by atoms with E-state index in [-0.39, 0.29) is 22.5 Å². The lowest BCUT2D eigenvalue weighted by molar-refractivity contribution is 0.0696. The van der Waals surface area contributed by atoms with Crippen LogP contribution >= 0.6 is 0 Å². The lowest BCUT2D eigenvalue weighted by Gasteiger charge is -2.02. The molecule has 1 aromatic heterocycles. The predicted octanol–water partition coefficient (Wildman–Crippen LogP) is 3.23. The molecule has 2 aromatic rings. The number of rotatable bonds is 2. The molecule has 2 rings (SSSR count). The Morgan fingerprint density at radius 2 is 2.00 bits per heavy atom. The van der Waals surface area contributed by atoms with Crippen LogP contribution in [0.25, 0.3) is 11.1 Å². The van der Waals surface area contributed by atoms with Gasteiger partial charge in [-0.15, -0.1) is 0 Å². The lowest BCUT2D eigenvalue weighted by atomic mass is 10.0. The van der Waals surface area contributed by atoms with E-state index in [0.717, 1.165) is 12.3 Å². The molecule has 17 heavy (non-hydrogen) atoms. The first kappa shape index (κ1) is 11.3. The van der Waals surface area contributed by atoms with Gasteiger partial charge in [0, 0.05) is 17.2 Å². The average molecular weight is 238 g/mol. The number of halogens is 2. The van der Waals surface area contributed by atoms with Gasteiger partial charge in [0.25, 0.3) is 0 Å². The molecule has 0 atom stereocenters. The Morgan fingerprint density at radius 1 is 1.29 bits per heavy atom. The molecule has 0 aliphatic carbocycles. The molecule has 1 N–H and O–H groups in total. The molecule has 5 heteroatoms. The van der Waals surface area contributed by atoms with Gasteiger partial charge in [-0.1, -0.05) is 0 Å². The second-order valence-electron chi connectivity index (χ2n) is 3.51. The number of carboxylic acids is 1. The van der Waals surface area contributed by atoms with E-state index in [1.807, 2.05) is 0 Å². The highest BCUT2D eigenvalue weighted by Gasteiger charge is 2.20. The molecule has 3 nitrogen and oxygen atoms in total. The highest BCUT2D eigenvalue weighted by Crippen LogP contribution is 2.30. The minimum Gasteiger partial charge on any atom is -0.478 e. The molecule has 0 amide bonds. The van der Waals surface area contributed by atoms with Gasteiger partial charge in [-0.25, -0.2) is 13.6 Å². The zero-order valence-electron chi connectivity index (χ0n) is 8.83. The summed E-state index contributed by atoms with van der Waals surface area (Å²) >= 11 is 0. The van der Waals surface area contributed by atoms with E-state index >= 15 is 0 Å². The van der Waals surface area contributed by atoms with Gasteiger partial charge < -0.3 is 9.52 Å². The normalized spacial score (nSPS) is 10.5. The Hall–Kier alpha value is -2.17. The highest BCUT2D eigenvalue weighted by molar-refractivity contribution is 5.97. The Balaban J connectivity index is 2.65. The number of carboxylic acid groups (broad SMARTS) is 1. The molecule has 1 aromatic carbocycles. The summed E-state index contributed by atoms with van der Waals surface area (Å²) in [7, 11) is 0. The third-order valence-corrected chi connectivity index (χ3v) is 2.41. The van der Waals surface area contributed by atoms with Crippen molar-refractivity contribution < 1.29 is 23.1 Å². The molecular formula is C12H8F2O3. The summed E-state index contributed by atoms with van der Waals surface area (Å²) in [5, 5.41) is 8.99. The monoisotopic (exact) mass is 238 g/mol. The molecule has 0 aliphatic rings. The van der Waals surface area contributed by atoms with Gasteiger partial charge >= 0.3 is 5.97 Å². The quantitative estimate of drug-likeness (QED) is 0.873. The maximum Gasteiger partial charge on any atom is 0.339 e. The van der Waals surface area contributed by atoms with E-state index in [9.17, 15) is 13.6 Å². The summed E-state index contributed by atoms with van der Waals surface area (Å²) < 4.78 is 31.2. The van der Waals surface area contributed by atoms with E-state index in [4.69, 9.17) is 9.52 Å². The predicted molar refractivity (Wildman–Crippen MR) is 55.8 cm³/mol. The molecule has 0 fully saturated rings. The SMILES string of the molecule is Cc1occ(-c2ccc(F)cc2F)c1C(=O)O. The largest absolute Gasteiger partial charge is 0.478 e. The molecule has 0 saturated heterocycles. The molecule has 0 aliphatic heterocycles. The van der Waals surface area contributed by atoms with Crippen LogP contribution in [0.2, 0.25) is 0 Å². The zero-order chi connectivity index (χ0) is 12.6. The summed E-state index contributed by atoms with van der Waals surface area (Å²) in [6.07, 6.45) is 1.15. The number of furan rings is 1. The smallest absolute Gasteiger partial charge is 0.339 e. The minimum absolute atomic E-state index is 0.000602. The standard InChI is InChI=1S/C12H8F2O3/c1-6-11(12(15)16)9(5-17-6)8-3-2-7(13)4-10(8)14/h2-5H,1H3,(H,15,16). The van der Waals surface area contributed by atoms with Gasteiger partial charge in [-0.05, 0) is 19.1 Å². The summed E-state index contributed by atoms with van der Waals surface area (Å²) in [6.45, 7) is 1.47. The first-order valence-electron chi connectivity index (χ1n) is 4.77. The first-order chi connectivity index (χ1) is 8.00. The van der Waals surface area contributed by atoms with E-state index in [1.54, 1.807) is 0 Å². The summed E-state index contributed by atoms with van der Waals surface area (Å²) in [6, 6.07) is 2.94. The van der Waals surface area contributed by atoms with Crippen molar-refractivity contribution >= 4 is 5.97 Å². The van der Waals surface area contributed by atoms with Crippen molar-refractivity contribution in [1.82, 2.24) is 0 Å². The summed E-state index contributed by atoms with van der Waals surface area (Å²) in [4.78, 5) is 11.0. The van der Waals surface area contributed by atoms with Crippen LogP contribution in [0.3, 0.4) is 0 Å². The van der Waals surface area contributed by atoms with Crippen molar-refractivity contribution in [3.8, 4) is 11.1 Å². The van der Waals surface area contributed by atoms with Crippen LogP contribution in [0.15, 0.2) is 28.9 Å². The third kappa shape index (κ3) is 1.91. The number of aromatic carboxylic acids is 1. The van der Waals surface area contributed by atoms with Crippen molar-refractivity contribution in [3.63, 3.8) is 0 Å². The number of aryl methyl sites for hydroxylation is 1. The summed E-state index contributed by atoms with van der Waals surface area (Å²) in [5.41, 5.74) is -0.0105. The maximum absolute atomic E-state index is 13.5. The fourth-order valence-corrected chi connectivity index (χ4v) is 1.63. The van der Waals surface area contributed by atoms with Gasteiger partial charge in [0.05, 0.1) is 6.26 Å². The Bertz CT molecular complexity index is 587. The number of benzene rings is 1. The average Bonchev–Trinajstić information content (AvgIpc) is 2.60. The van der Waals surface area contributed by atoms with Crippen molar-refractivity contribution in [2.45, 2.75) is 6.92 Å². The number of hydrogen-bond donors (Lipinski definition) is 1. The molecule has 0 unspecified atom stereocenters. The Kier molecular flexibility index (Phi) is 2.67. The zero-order valence-corrected chi connectivity index (χ0v) is 8.83. The van der Waals surface area contributed by atoms with Crippen LogP contribution in [0.1, 0.15) is 16.1 Å². The Morgan fingerprint density at radius 3 is 2.59 bits per heavy atom. The second-order valence-corrected chi connectivity index (χ2v) is 3.51. The van der Waals surface area contributed by atoms with Crippen LogP contribution in [0, 0.1) is 18.6 Å². The van der Waals surface area contributed by atoms with Gasteiger partial charge in [0.15, 0.2) is 0 Å². The minimum atomic E-state index is -1.21. The van der Waals surface area contributed by atoms with Crippen LogP contribution < -0.4 is 0 Å². The number of carbonyl (C=O) groups is 1. The van der Waals surface area contributed by atoms with Crippen LogP contribution in [-0.2, 0) is 0 Å². The number of hydrogen-bond acceptors (Lipinski definition) is 2. The molecule has 88 valence electrons. The third-order valence-electron chi connectivity index (χ3n) is 2.41. The molecular weight excluding hydrogens is 230 g/mol. The van der Waals surface area contributed by atoms with Crippen LogP contribution in [0.5, 0.6) is 0 Å². The fraction of sp³-hybridized carbons (Fsp3) is 0.0833. The second kappa shape index (κ2) is 4.01. The van der Waals surface area contributed by atoms with E-state index in [2.05, 4.69) is 0 Å². The highest BCUT2D eigenvalue weighted by atomic mass is 19.1. The van der Waals surface area contributed by atoms with E-state index < -0.39 is 17.6 Å². The molecule has 0 radical (unpaired) electrons. The topological polar surface area (TPSA) is 50.4 Å². The molecule has 1 heterocycles. The van der Waals surface area contributed by atoms with Crippen LogP contribution in [0.4, 0.5) is 8.78 Å². The fourth-order valence-electron chi connectivity index (χ4n) is 1.63. The van der Waals surface area contributed by atoms with Crippen molar-refractivity contribution in [1.29, 1.82) is 0 Å². The van der Waals surface area contributed by atoms with Gasteiger partial charge in [0.1, 0.15) is 23.0 Å². The molecule has 0 saturated carbocycles. The lowest BCUT2D eigenvalue weighted by Crippen LogP contribution is -1.99. The summed E-state index contributed by atoms with van der Waals surface area (Å²) in [5.74, 6) is -2.58. The van der Waals surface area contributed by atoms with Gasteiger partial charge in [-0.2, -0.15) is 0 Å². The van der Waals surface area contributed by atoms with Crippen molar-refractivity contribution in [2.24, 2.45) is 0 Å². The maximum atomic E-state index is 13.5. The molecule has 0 spiro atoms. The van der Waals surface area contributed by atoms with E-state index in [1.165, 1.54) is 13.0 Å². The van der Waals surface area contributed by atoms with Crippen LogP contribution in [-0.4, -0.2) is 11.1 Å². The van der Waals surface area contributed by atoms with Gasteiger partial charge in [0.2, 0.25) is 0 Å².